The summed E-state index contributed by atoms with van der Waals surface area (Å²) in [5, 5.41) is 0.611. The number of hydrogen-bond acceptors (Lipinski definition) is 3. The lowest BCUT2D eigenvalue weighted by atomic mass is 9.88. The van der Waals surface area contributed by atoms with Crippen molar-refractivity contribution in [1.82, 2.24) is 9.55 Å². The number of aryl methyl sites for hydroxylation is 1. The minimum atomic E-state index is 0.168. The molecule has 0 fully saturated rings. The maximum atomic E-state index is 6.12. The van der Waals surface area contributed by atoms with Crippen molar-refractivity contribution in [3.05, 3.63) is 46.5 Å². The molecule has 106 valence electrons. The number of imidazole rings is 1. The van der Waals surface area contributed by atoms with E-state index in [1.165, 1.54) is 11.1 Å². The molecule has 0 spiro atoms. The molecule has 5 heteroatoms. The Morgan fingerprint density at radius 3 is 3.10 bits per heavy atom. The first-order chi connectivity index (χ1) is 9.65. The molecule has 1 atom stereocenters. The van der Waals surface area contributed by atoms with Gasteiger partial charge in [-0.15, -0.1) is 0 Å². The zero-order valence-electron chi connectivity index (χ0n) is 11.5. The maximum absolute atomic E-state index is 6.12. The van der Waals surface area contributed by atoms with Gasteiger partial charge in [-0.05, 0) is 42.5 Å². The van der Waals surface area contributed by atoms with Gasteiger partial charge in [0.2, 0.25) is 0 Å². The van der Waals surface area contributed by atoms with Crippen LogP contribution in [0, 0.1) is 0 Å². The molecule has 0 aliphatic heterocycles. The maximum Gasteiger partial charge on any atom is 0.147 e. The fraction of sp³-hybridized carbons (Fsp3) is 0.400. The van der Waals surface area contributed by atoms with Crippen molar-refractivity contribution in [2.45, 2.75) is 31.9 Å². The summed E-state index contributed by atoms with van der Waals surface area (Å²) in [4.78, 5) is 4.22. The molecule has 1 aliphatic carbocycles. The van der Waals surface area contributed by atoms with Crippen LogP contribution in [0.3, 0.4) is 0 Å². The number of ether oxygens (including phenoxy) is 1. The van der Waals surface area contributed by atoms with Crippen molar-refractivity contribution >= 4 is 11.6 Å². The van der Waals surface area contributed by atoms with E-state index in [0.717, 1.165) is 30.8 Å². The minimum absolute atomic E-state index is 0.168. The van der Waals surface area contributed by atoms with Crippen molar-refractivity contribution in [3.63, 3.8) is 0 Å². The molecular formula is C15H18ClN3O. The van der Waals surface area contributed by atoms with Gasteiger partial charge in [0.05, 0.1) is 6.20 Å². The Morgan fingerprint density at radius 1 is 1.50 bits per heavy atom. The average Bonchev–Trinajstić information content (AvgIpc) is 2.77. The van der Waals surface area contributed by atoms with Crippen molar-refractivity contribution in [2.75, 3.05) is 0 Å². The molecule has 0 amide bonds. The van der Waals surface area contributed by atoms with Gasteiger partial charge in [-0.25, -0.2) is 4.98 Å². The average molecular weight is 292 g/mol. The van der Waals surface area contributed by atoms with Crippen molar-refractivity contribution in [1.29, 1.82) is 0 Å². The second kappa shape index (κ2) is 5.46. The Hall–Kier alpha value is -1.52. The van der Waals surface area contributed by atoms with Crippen molar-refractivity contribution < 1.29 is 4.74 Å². The summed E-state index contributed by atoms with van der Waals surface area (Å²) in [7, 11) is 1.87. The Labute approximate surface area is 123 Å². The summed E-state index contributed by atoms with van der Waals surface area (Å²) >= 11 is 5.95. The Morgan fingerprint density at radius 2 is 2.35 bits per heavy atom. The summed E-state index contributed by atoms with van der Waals surface area (Å²) in [5.74, 6) is 1.67. The normalized spacial score (nSPS) is 17.9. The van der Waals surface area contributed by atoms with E-state index in [2.05, 4.69) is 17.1 Å². The highest BCUT2D eigenvalue weighted by molar-refractivity contribution is 6.29. The predicted octanol–water partition coefficient (Wildman–Crippen LogP) is 2.99. The number of hydrogen-bond donors (Lipinski definition) is 1. The molecule has 0 saturated heterocycles. The summed E-state index contributed by atoms with van der Waals surface area (Å²) in [6.45, 7) is 0.411. The van der Waals surface area contributed by atoms with Gasteiger partial charge in [0.25, 0.3) is 0 Å². The Bertz CT molecular complexity index is 624. The molecule has 1 aromatic heterocycles. The van der Waals surface area contributed by atoms with Crippen LogP contribution >= 0.6 is 11.6 Å². The number of aromatic nitrogens is 2. The molecule has 4 nitrogen and oxygen atoms in total. The molecule has 1 heterocycles. The number of benzene rings is 1. The third kappa shape index (κ3) is 2.53. The number of nitrogens with zero attached hydrogens (tertiary/aromatic N) is 2. The smallest absolute Gasteiger partial charge is 0.147 e. The zero-order valence-corrected chi connectivity index (χ0v) is 12.2. The number of halogens is 1. The SMILES string of the molecule is Cn1c(Cl)cnc1COc1ccc2c(c1)CCCC2N. The molecule has 2 N–H and O–H groups in total. The molecular weight excluding hydrogens is 274 g/mol. The Balaban J connectivity index is 1.74. The van der Waals surface area contributed by atoms with Crippen LogP contribution in [0.15, 0.2) is 24.4 Å². The molecule has 1 unspecified atom stereocenters. The van der Waals surface area contributed by atoms with E-state index in [4.69, 9.17) is 22.1 Å². The molecule has 0 bridgehead atoms. The lowest BCUT2D eigenvalue weighted by Crippen LogP contribution is -2.17. The number of rotatable bonds is 3. The van der Waals surface area contributed by atoms with Crippen LogP contribution in [0.25, 0.3) is 0 Å². The van der Waals surface area contributed by atoms with E-state index in [-0.39, 0.29) is 6.04 Å². The standard InChI is InChI=1S/C15H18ClN3O/c1-19-14(16)8-18-15(19)9-20-11-5-6-12-10(7-11)3-2-4-13(12)17/h5-8,13H,2-4,9,17H2,1H3. The Kier molecular flexibility index (Phi) is 3.68. The highest BCUT2D eigenvalue weighted by Crippen LogP contribution is 2.30. The molecule has 20 heavy (non-hydrogen) atoms. The van der Waals surface area contributed by atoms with E-state index in [1.807, 2.05) is 17.7 Å². The van der Waals surface area contributed by atoms with E-state index >= 15 is 0 Å². The predicted molar refractivity (Wildman–Crippen MR) is 78.9 cm³/mol. The molecule has 0 radical (unpaired) electrons. The summed E-state index contributed by atoms with van der Waals surface area (Å²) in [6, 6.07) is 6.33. The molecule has 3 rings (SSSR count). The largest absolute Gasteiger partial charge is 0.486 e. The van der Waals surface area contributed by atoms with E-state index in [1.54, 1.807) is 6.20 Å². The zero-order chi connectivity index (χ0) is 14.1. The van der Waals surface area contributed by atoms with Crippen LogP contribution in [0.5, 0.6) is 5.75 Å². The third-order valence-electron chi connectivity index (χ3n) is 3.87. The van der Waals surface area contributed by atoms with Gasteiger partial charge < -0.3 is 15.0 Å². The van der Waals surface area contributed by atoms with E-state index in [0.29, 0.717) is 11.8 Å². The van der Waals surface area contributed by atoms with Gasteiger partial charge >= 0.3 is 0 Å². The van der Waals surface area contributed by atoms with Gasteiger partial charge in [0.15, 0.2) is 0 Å². The summed E-state index contributed by atoms with van der Waals surface area (Å²) in [5.41, 5.74) is 8.67. The fourth-order valence-corrected chi connectivity index (χ4v) is 2.77. The minimum Gasteiger partial charge on any atom is -0.486 e. The van der Waals surface area contributed by atoms with Gasteiger partial charge in [-0.3, -0.25) is 0 Å². The van der Waals surface area contributed by atoms with E-state index < -0.39 is 0 Å². The first kappa shape index (κ1) is 13.5. The fourth-order valence-electron chi connectivity index (χ4n) is 2.62. The molecule has 0 saturated carbocycles. The highest BCUT2D eigenvalue weighted by Gasteiger charge is 2.17. The summed E-state index contributed by atoms with van der Waals surface area (Å²) in [6.07, 6.45) is 4.92. The third-order valence-corrected chi connectivity index (χ3v) is 4.22. The first-order valence-corrected chi connectivity index (χ1v) is 7.20. The van der Waals surface area contributed by atoms with Crippen LogP contribution in [0.1, 0.15) is 35.8 Å². The lowest BCUT2D eigenvalue weighted by molar-refractivity contribution is 0.291. The van der Waals surface area contributed by atoms with Crippen LogP contribution in [0.4, 0.5) is 0 Å². The second-order valence-electron chi connectivity index (χ2n) is 5.20. The molecule has 1 aliphatic rings. The van der Waals surface area contributed by atoms with Crippen LogP contribution in [-0.4, -0.2) is 9.55 Å². The van der Waals surface area contributed by atoms with Gasteiger partial charge in [-0.1, -0.05) is 17.7 Å². The topological polar surface area (TPSA) is 53.1 Å². The van der Waals surface area contributed by atoms with Gasteiger partial charge in [0.1, 0.15) is 23.3 Å². The number of fused-ring (bicyclic) bond motifs is 1. The van der Waals surface area contributed by atoms with E-state index in [9.17, 15) is 0 Å². The monoisotopic (exact) mass is 291 g/mol. The first-order valence-electron chi connectivity index (χ1n) is 6.82. The quantitative estimate of drug-likeness (QED) is 0.946. The van der Waals surface area contributed by atoms with Gasteiger partial charge in [0, 0.05) is 13.1 Å². The highest BCUT2D eigenvalue weighted by atomic mass is 35.5. The second-order valence-corrected chi connectivity index (χ2v) is 5.59. The molecule has 2 aromatic rings. The van der Waals surface area contributed by atoms with Gasteiger partial charge in [-0.2, -0.15) is 0 Å². The number of nitrogens with two attached hydrogens (primary N) is 1. The van der Waals surface area contributed by atoms with Crippen LogP contribution in [0.2, 0.25) is 5.15 Å². The van der Waals surface area contributed by atoms with Crippen molar-refractivity contribution in [2.24, 2.45) is 12.8 Å². The molecule has 1 aromatic carbocycles. The summed E-state index contributed by atoms with van der Waals surface area (Å²) < 4.78 is 7.62. The van der Waals surface area contributed by atoms with Crippen LogP contribution < -0.4 is 10.5 Å². The lowest BCUT2D eigenvalue weighted by Gasteiger charge is -2.22. The van der Waals surface area contributed by atoms with Crippen LogP contribution in [-0.2, 0) is 20.1 Å². The van der Waals surface area contributed by atoms with Crippen molar-refractivity contribution in [3.8, 4) is 5.75 Å².